The fraction of sp³-hybridized carbons (Fsp3) is 0.154. The fourth-order valence-electron chi connectivity index (χ4n) is 1.61. The highest BCUT2D eigenvalue weighted by Crippen LogP contribution is 2.19. The number of nitrogens with zero attached hydrogens (tertiary/aromatic N) is 1. The molecule has 2 rings (SSSR count). The first-order valence-corrected chi connectivity index (χ1v) is 8.12. The summed E-state index contributed by atoms with van der Waals surface area (Å²) in [4.78, 5) is 21.6. The molecule has 2 aromatic rings. The Balaban J connectivity index is 2.05. The summed E-state index contributed by atoms with van der Waals surface area (Å²) in [5.74, 6) is -1.44. The number of benzene rings is 1. The van der Waals surface area contributed by atoms with Gasteiger partial charge in [-0.1, -0.05) is 0 Å². The highest BCUT2D eigenvalue weighted by Gasteiger charge is 2.17. The number of carbonyl (C=O) groups is 1. The van der Waals surface area contributed by atoms with Gasteiger partial charge in [0.15, 0.2) is 5.76 Å². The van der Waals surface area contributed by atoms with Crippen LogP contribution in [0.5, 0.6) is 0 Å². The minimum Gasteiger partial charge on any atom is -0.395 e. The Labute approximate surface area is 131 Å². The normalized spacial score (nSPS) is 11.0. The molecule has 2 N–H and O–H groups in total. The number of rotatable bonds is 6. The lowest BCUT2D eigenvalue weighted by molar-refractivity contribution is -0.402. The van der Waals surface area contributed by atoms with Crippen LogP contribution >= 0.6 is 0 Å². The number of sulfonamides is 1. The van der Waals surface area contributed by atoms with Crippen LogP contribution in [-0.2, 0) is 10.0 Å². The molecule has 1 heterocycles. The topological polar surface area (TPSA) is 132 Å². The first-order valence-electron chi connectivity index (χ1n) is 6.47. The van der Waals surface area contributed by atoms with E-state index < -0.39 is 26.7 Å². The SMILES string of the molecule is CCS(=O)(=O)Nc1ccc(NC(=O)c2ccc([N+](=O)[O-])o2)cc1. The van der Waals surface area contributed by atoms with E-state index in [0.717, 1.165) is 6.07 Å². The number of hydrogen-bond acceptors (Lipinski definition) is 6. The molecule has 0 spiro atoms. The van der Waals surface area contributed by atoms with Crippen molar-refractivity contribution >= 4 is 33.2 Å². The van der Waals surface area contributed by atoms with Gasteiger partial charge < -0.3 is 9.73 Å². The predicted octanol–water partition coefficient (Wildman–Crippen LogP) is 2.20. The van der Waals surface area contributed by atoms with Gasteiger partial charge in [0.25, 0.3) is 5.91 Å². The smallest absolute Gasteiger partial charge is 0.395 e. The molecule has 0 fully saturated rings. The largest absolute Gasteiger partial charge is 0.433 e. The molecule has 1 amide bonds. The van der Waals surface area contributed by atoms with E-state index in [0.29, 0.717) is 11.4 Å². The number of anilines is 2. The average Bonchev–Trinajstić information content (AvgIpc) is 2.99. The highest BCUT2D eigenvalue weighted by atomic mass is 32.2. The molecule has 0 bridgehead atoms. The van der Waals surface area contributed by atoms with E-state index in [9.17, 15) is 23.3 Å². The van der Waals surface area contributed by atoms with Crippen molar-refractivity contribution in [2.75, 3.05) is 15.8 Å². The van der Waals surface area contributed by atoms with Crippen molar-refractivity contribution < 1.29 is 22.6 Å². The zero-order valence-electron chi connectivity index (χ0n) is 12.0. The molecule has 0 saturated carbocycles. The van der Waals surface area contributed by atoms with Crippen molar-refractivity contribution in [2.24, 2.45) is 0 Å². The minimum absolute atomic E-state index is 0.0528. The predicted molar refractivity (Wildman–Crippen MR) is 82.8 cm³/mol. The Kier molecular flexibility index (Phi) is 4.65. The summed E-state index contributed by atoms with van der Waals surface area (Å²) >= 11 is 0. The summed E-state index contributed by atoms with van der Waals surface area (Å²) < 4.78 is 30.0. The third-order valence-corrected chi connectivity index (χ3v) is 4.10. The Morgan fingerprint density at radius 2 is 1.78 bits per heavy atom. The van der Waals surface area contributed by atoms with Gasteiger partial charge in [-0.3, -0.25) is 19.6 Å². The van der Waals surface area contributed by atoms with Gasteiger partial charge in [0.1, 0.15) is 4.92 Å². The molecule has 10 heteroatoms. The fourth-order valence-corrected chi connectivity index (χ4v) is 2.25. The molecule has 0 saturated heterocycles. The summed E-state index contributed by atoms with van der Waals surface area (Å²) in [5, 5.41) is 13.0. The van der Waals surface area contributed by atoms with Crippen LogP contribution in [0.25, 0.3) is 0 Å². The van der Waals surface area contributed by atoms with Gasteiger partial charge in [-0.15, -0.1) is 0 Å². The van der Waals surface area contributed by atoms with E-state index >= 15 is 0 Å². The van der Waals surface area contributed by atoms with Crippen LogP contribution in [0.2, 0.25) is 0 Å². The number of carbonyl (C=O) groups excluding carboxylic acids is 1. The number of nitro groups is 1. The summed E-state index contributed by atoms with van der Waals surface area (Å²) in [6, 6.07) is 8.21. The Morgan fingerprint density at radius 3 is 2.30 bits per heavy atom. The molecule has 122 valence electrons. The first-order chi connectivity index (χ1) is 10.8. The minimum atomic E-state index is -3.37. The average molecular weight is 339 g/mol. The highest BCUT2D eigenvalue weighted by molar-refractivity contribution is 7.92. The number of furan rings is 1. The Hall–Kier alpha value is -2.88. The van der Waals surface area contributed by atoms with Crippen LogP contribution in [0.15, 0.2) is 40.8 Å². The maximum absolute atomic E-state index is 11.9. The molecule has 0 aliphatic carbocycles. The molecule has 0 atom stereocenters. The quantitative estimate of drug-likeness (QED) is 0.612. The maximum Gasteiger partial charge on any atom is 0.433 e. The van der Waals surface area contributed by atoms with Crippen molar-refractivity contribution in [3.8, 4) is 0 Å². The van der Waals surface area contributed by atoms with E-state index in [4.69, 9.17) is 4.42 Å². The molecule has 1 aromatic heterocycles. The molecule has 0 unspecified atom stereocenters. The molecule has 9 nitrogen and oxygen atoms in total. The standard InChI is InChI=1S/C13H13N3O6S/c1-2-23(20,21)15-10-5-3-9(4-6-10)14-13(17)11-7-8-12(22-11)16(18)19/h3-8,15H,2H2,1H3,(H,14,17). The zero-order valence-corrected chi connectivity index (χ0v) is 12.8. The summed E-state index contributed by atoms with van der Waals surface area (Å²) in [7, 11) is -3.37. The third-order valence-electron chi connectivity index (χ3n) is 2.79. The zero-order chi connectivity index (χ0) is 17.0. The van der Waals surface area contributed by atoms with Gasteiger partial charge in [0, 0.05) is 11.4 Å². The van der Waals surface area contributed by atoms with Crippen molar-refractivity contribution in [2.45, 2.75) is 6.92 Å². The lowest BCUT2D eigenvalue weighted by Gasteiger charge is -2.07. The van der Waals surface area contributed by atoms with Gasteiger partial charge in [0.2, 0.25) is 10.0 Å². The molecule has 0 radical (unpaired) electrons. The number of amides is 1. The van der Waals surface area contributed by atoms with Gasteiger partial charge in [-0.25, -0.2) is 8.42 Å². The van der Waals surface area contributed by atoms with E-state index in [1.54, 1.807) is 0 Å². The molecule has 23 heavy (non-hydrogen) atoms. The van der Waals surface area contributed by atoms with Crippen LogP contribution in [0, 0.1) is 10.1 Å². The van der Waals surface area contributed by atoms with Crippen LogP contribution in [0.1, 0.15) is 17.5 Å². The number of nitrogens with one attached hydrogen (secondary N) is 2. The lowest BCUT2D eigenvalue weighted by Crippen LogP contribution is -2.14. The second-order valence-electron chi connectivity index (χ2n) is 4.43. The lowest BCUT2D eigenvalue weighted by atomic mass is 10.3. The number of hydrogen-bond donors (Lipinski definition) is 2. The van der Waals surface area contributed by atoms with Crippen LogP contribution in [0.4, 0.5) is 17.3 Å². The summed E-state index contributed by atoms with van der Waals surface area (Å²) in [5.41, 5.74) is 0.743. The second kappa shape index (κ2) is 6.48. The van der Waals surface area contributed by atoms with Gasteiger partial charge in [-0.2, -0.15) is 0 Å². The summed E-state index contributed by atoms with van der Waals surface area (Å²) in [6.45, 7) is 1.51. The monoisotopic (exact) mass is 339 g/mol. The Bertz CT molecular complexity index is 826. The van der Waals surface area contributed by atoms with Crippen LogP contribution < -0.4 is 10.0 Å². The van der Waals surface area contributed by atoms with Crippen LogP contribution in [0.3, 0.4) is 0 Å². The van der Waals surface area contributed by atoms with E-state index in [1.807, 2.05) is 0 Å². The van der Waals surface area contributed by atoms with Crippen molar-refractivity contribution in [3.05, 3.63) is 52.3 Å². The maximum atomic E-state index is 11.9. The molecule has 1 aromatic carbocycles. The molecule has 0 aliphatic rings. The van der Waals surface area contributed by atoms with Crippen molar-refractivity contribution in [1.29, 1.82) is 0 Å². The molecular weight excluding hydrogens is 326 g/mol. The first kappa shape index (κ1) is 16.5. The van der Waals surface area contributed by atoms with Crippen LogP contribution in [-0.4, -0.2) is 25.0 Å². The summed E-state index contributed by atoms with van der Waals surface area (Å²) in [6.07, 6.45) is 0. The van der Waals surface area contributed by atoms with E-state index in [2.05, 4.69) is 10.0 Å². The van der Waals surface area contributed by atoms with Crippen molar-refractivity contribution in [1.82, 2.24) is 0 Å². The van der Waals surface area contributed by atoms with Gasteiger partial charge >= 0.3 is 5.88 Å². The van der Waals surface area contributed by atoms with E-state index in [1.165, 1.54) is 37.3 Å². The third kappa shape index (κ3) is 4.30. The Morgan fingerprint density at radius 1 is 1.17 bits per heavy atom. The van der Waals surface area contributed by atoms with Crippen molar-refractivity contribution in [3.63, 3.8) is 0 Å². The van der Waals surface area contributed by atoms with Gasteiger partial charge in [0.05, 0.1) is 11.8 Å². The van der Waals surface area contributed by atoms with Gasteiger partial charge in [-0.05, 0) is 37.3 Å². The molecular formula is C13H13N3O6S. The van der Waals surface area contributed by atoms with E-state index in [-0.39, 0.29) is 11.5 Å². The second-order valence-corrected chi connectivity index (χ2v) is 6.44. The molecule has 0 aliphatic heterocycles.